The predicted molar refractivity (Wildman–Crippen MR) is 69.1 cm³/mol. The first-order valence-corrected chi connectivity index (χ1v) is 5.87. The van der Waals surface area contributed by atoms with Gasteiger partial charge in [0.2, 0.25) is 0 Å². The summed E-state index contributed by atoms with van der Waals surface area (Å²) in [4.78, 5) is 13.4. The second kappa shape index (κ2) is 5.83. The third kappa shape index (κ3) is 2.99. The quantitative estimate of drug-likeness (QED) is 0.840. The highest BCUT2D eigenvalue weighted by molar-refractivity contribution is 5.92. The fourth-order valence-corrected chi connectivity index (χ4v) is 1.63. The number of hydrogen-bond acceptors (Lipinski definition) is 4. The van der Waals surface area contributed by atoms with Gasteiger partial charge < -0.3 is 9.42 Å². The molecule has 1 amide bonds. The number of carbonyl (C=O) groups excluding carboxylic acids is 1. The third-order valence-corrected chi connectivity index (χ3v) is 2.69. The molecule has 0 radical (unpaired) electrons. The van der Waals surface area contributed by atoms with Crippen molar-refractivity contribution in [3.8, 4) is 17.4 Å². The third-order valence-electron chi connectivity index (χ3n) is 2.69. The van der Waals surface area contributed by atoms with Gasteiger partial charge in [-0.2, -0.15) is 5.26 Å². The van der Waals surface area contributed by atoms with E-state index in [1.807, 2.05) is 36.4 Å². The summed E-state index contributed by atoms with van der Waals surface area (Å²) >= 11 is 0. The van der Waals surface area contributed by atoms with E-state index in [0.717, 1.165) is 5.56 Å². The summed E-state index contributed by atoms with van der Waals surface area (Å²) in [7, 11) is 1.64. The second-order valence-electron chi connectivity index (χ2n) is 4.08. The predicted octanol–water partition coefficient (Wildman–Crippen LogP) is 2.33. The Hall–Kier alpha value is -2.61. The molecule has 5 nitrogen and oxygen atoms in total. The molecular formula is C14H13N3O2. The Morgan fingerprint density at radius 1 is 1.42 bits per heavy atom. The van der Waals surface area contributed by atoms with E-state index in [9.17, 15) is 4.79 Å². The van der Waals surface area contributed by atoms with Crippen LogP contribution in [0.5, 0.6) is 0 Å². The smallest absolute Gasteiger partial charge is 0.275 e. The van der Waals surface area contributed by atoms with Crippen LogP contribution in [0, 0.1) is 11.3 Å². The second-order valence-corrected chi connectivity index (χ2v) is 4.08. The number of nitrogens with zero attached hydrogens (tertiary/aromatic N) is 3. The Labute approximate surface area is 111 Å². The lowest BCUT2D eigenvalue weighted by Crippen LogP contribution is -2.27. The highest BCUT2D eigenvalue weighted by atomic mass is 16.5. The molecule has 0 fully saturated rings. The van der Waals surface area contributed by atoms with Crippen molar-refractivity contribution in [3.63, 3.8) is 0 Å². The summed E-state index contributed by atoms with van der Waals surface area (Å²) in [6, 6.07) is 13.1. The molecule has 1 heterocycles. The van der Waals surface area contributed by atoms with Gasteiger partial charge in [-0.25, -0.2) is 0 Å². The van der Waals surface area contributed by atoms with Crippen molar-refractivity contribution >= 4 is 5.91 Å². The molecule has 2 aromatic rings. The molecular weight excluding hydrogens is 242 g/mol. The van der Waals surface area contributed by atoms with Crippen LogP contribution in [0.15, 0.2) is 40.9 Å². The Morgan fingerprint density at radius 3 is 2.84 bits per heavy atom. The zero-order chi connectivity index (χ0) is 13.7. The summed E-state index contributed by atoms with van der Waals surface area (Å²) in [6.07, 6.45) is 0.297. The van der Waals surface area contributed by atoms with Gasteiger partial charge in [-0.3, -0.25) is 4.79 Å². The van der Waals surface area contributed by atoms with E-state index in [2.05, 4.69) is 5.16 Å². The van der Waals surface area contributed by atoms with Crippen molar-refractivity contribution in [2.75, 3.05) is 13.6 Å². The first-order valence-electron chi connectivity index (χ1n) is 5.87. The Kier molecular flexibility index (Phi) is 3.94. The number of amides is 1. The van der Waals surface area contributed by atoms with Crippen molar-refractivity contribution in [2.24, 2.45) is 0 Å². The van der Waals surface area contributed by atoms with Crippen molar-refractivity contribution in [2.45, 2.75) is 6.42 Å². The zero-order valence-electron chi connectivity index (χ0n) is 10.5. The van der Waals surface area contributed by atoms with Crippen LogP contribution in [0.25, 0.3) is 11.3 Å². The molecule has 0 spiro atoms. The monoisotopic (exact) mass is 255 g/mol. The molecule has 1 aromatic heterocycles. The van der Waals surface area contributed by atoms with Crippen molar-refractivity contribution < 1.29 is 9.32 Å². The lowest BCUT2D eigenvalue weighted by Gasteiger charge is -2.12. The van der Waals surface area contributed by atoms with Crippen LogP contribution in [-0.2, 0) is 0 Å². The summed E-state index contributed by atoms with van der Waals surface area (Å²) in [5.74, 6) is 0.304. The molecule has 0 saturated carbocycles. The van der Waals surface area contributed by atoms with Crippen molar-refractivity contribution in [1.29, 1.82) is 5.26 Å². The Bertz CT molecular complexity index is 599. The molecule has 0 bridgehead atoms. The lowest BCUT2D eigenvalue weighted by atomic mass is 10.1. The van der Waals surface area contributed by atoms with Crippen LogP contribution < -0.4 is 0 Å². The fourth-order valence-electron chi connectivity index (χ4n) is 1.63. The van der Waals surface area contributed by atoms with Gasteiger partial charge in [-0.15, -0.1) is 0 Å². The largest absolute Gasteiger partial charge is 0.355 e. The number of nitriles is 1. The zero-order valence-corrected chi connectivity index (χ0v) is 10.5. The van der Waals surface area contributed by atoms with Gasteiger partial charge >= 0.3 is 0 Å². The van der Waals surface area contributed by atoms with Gasteiger partial charge in [-0.05, 0) is 0 Å². The fraction of sp³-hybridized carbons (Fsp3) is 0.214. The summed E-state index contributed by atoms with van der Waals surface area (Å²) in [5, 5.41) is 12.3. The van der Waals surface area contributed by atoms with Crippen LogP contribution in [0.3, 0.4) is 0 Å². The molecule has 0 N–H and O–H groups in total. The first kappa shape index (κ1) is 12.8. The minimum atomic E-state index is -0.249. The molecule has 1 aromatic carbocycles. The molecule has 0 aliphatic rings. The molecule has 96 valence electrons. The maximum absolute atomic E-state index is 12.0. The molecule has 0 aliphatic heterocycles. The lowest BCUT2D eigenvalue weighted by molar-refractivity contribution is 0.0788. The molecule has 5 heteroatoms. The van der Waals surface area contributed by atoms with Gasteiger partial charge in [0.05, 0.1) is 12.5 Å². The van der Waals surface area contributed by atoms with Gasteiger partial charge in [0, 0.05) is 25.2 Å². The minimum Gasteiger partial charge on any atom is -0.355 e. The van der Waals surface area contributed by atoms with Crippen LogP contribution in [0.1, 0.15) is 16.9 Å². The normalized spacial score (nSPS) is 9.89. The topological polar surface area (TPSA) is 70.1 Å². The molecule has 0 aliphatic carbocycles. The van der Waals surface area contributed by atoms with Crippen LogP contribution in [-0.4, -0.2) is 29.6 Å². The van der Waals surface area contributed by atoms with Gasteiger partial charge in [0.1, 0.15) is 0 Å². The highest BCUT2D eigenvalue weighted by Gasteiger charge is 2.17. The first-order chi connectivity index (χ1) is 9.22. The highest BCUT2D eigenvalue weighted by Crippen LogP contribution is 2.20. The Morgan fingerprint density at radius 2 is 2.16 bits per heavy atom. The number of hydrogen-bond donors (Lipinski definition) is 0. The molecule has 2 rings (SSSR count). The summed E-state index contributed by atoms with van der Waals surface area (Å²) < 4.78 is 5.16. The summed E-state index contributed by atoms with van der Waals surface area (Å²) in [6.45, 7) is 0.378. The molecule has 0 atom stereocenters. The maximum atomic E-state index is 12.0. The van der Waals surface area contributed by atoms with Crippen LogP contribution in [0.4, 0.5) is 0 Å². The molecule has 0 saturated heterocycles. The van der Waals surface area contributed by atoms with E-state index < -0.39 is 0 Å². The number of rotatable bonds is 4. The standard InChI is InChI=1S/C14H13N3O2/c1-17(9-5-8-15)14(18)12-10-13(19-16-12)11-6-3-2-4-7-11/h2-4,6-7,10H,5,9H2,1H3. The van der Waals surface area contributed by atoms with E-state index in [0.29, 0.717) is 18.7 Å². The van der Waals surface area contributed by atoms with Crippen LogP contribution >= 0.6 is 0 Å². The molecule has 19 heavy (non-hydrogen) atoms. The van der Waals surface area contributed by atoms with Crippen LogP contribution in [0.2, 0.25) is 0 Å². The van der Waals surface area contributed by atoms with Gasteiger partial charge in [0.25, 0.3) is 5.91 Å². The van der Waals surface area contributed by atoms with Gasteiger partial charge in [0.15, 0.2) is 11.5 Å². The van der Waals surface area contributed by atoms with Crippen molar-refractivity contribution in [1.82, 2.24) is 10.1 Å². The van der Waals surface area contributed by atoms with E-state index in [1.54, 1.807) is 13.1 Å². The summed E-state index contributed by atoms with van der Waals surface area (Å²) in [5.41, 5.74) is 1.12. The molecule has 0 unspecified atom stereocenters. The minimum absolute atomic E-state index is 0.249. The van der Waals surface area contributed by atoms with E-state index in [4.69, 9.17) is 9.78 Å². The average Bonchev–Trinajstić information content (AvgIpc) is 2.94. The van der Waals surface area contributed by atoms with Gasteiger partial charge in [-0.1, -0.05) is 35.5 Å². The van der Waals surface area contributed by atoms with E-state index in [-0.39, 0.29) is 11.6 Å². The maximum Gasteiger partial charge on any atom is 0.275 e. The number of benzene rings is 1. The van der Waals surface area contributed by atoms with E-state index >= 15 is 0 Å². The van der Waals surface area contributed by atoms with E-state index in [1.165, 1.54) is 4.90 Å². The number of carbonyl (C=O) groups is 1. The Balaban J connectivity index is 2.13. The number of aromatic nitrogens is 1. The average molecular weight is 255 g/mol. The SMILES string of the molecule is CN(CCC#N)C(=O)c1cc(-c2ccccc2)on1. The van der Waals surface area contributed by atoms with Crippen molar-refractivity contribution in [3.05, 3.63) is 42.1 Å².